The van der Waals surface area contributed by atoms with Crippen LogP contribution in [0.3, 0.4) is 0 Å². The molecule has 1 amide bonds. The number of aryl methyl sites for hydroxylation is 1. The third-order valence-corrected chi connectivity index (χ3v) is 3.40. The number of carbonyl (C=O) groups is 1. The molecule has 0 aliphatic heterocycles. The Hall–Kier alpha value is -2.27. The van der Waals surface area contributed by atoms with Gasteiger partial charge in [0.15, 0.2) is 0 Å². The Morgan fingerprint density at radius 3 is 2.52 bits per heavy atom. The molecule has 2 rings (SSSR count). The van der Waals surface area contributed by atoms with Gasteiger partial charge in [-0.05, 0) is 37.1 Å². The molecule has 0 heterocycles. The molecule has 2 aromatic carbocycles. The second-order valence-electron chi connectivity index (χ2n) is 5.26. The van der Waals surface area contributed by atoms with Gasteiger partial charge in [0.05, 0.1) is 5.69 Å². The number of anilines is 1. The Bertz CT molecular complexity index is 632. The Balaban J connectivity index is 1.59. The molecule has 0 radical (unpaired) electrons. The molecular formula is C18H20F2N2O. The lowest BCUT2D eigenvalue weighted by atomic mass is 10.1. The third kappa shape index (κ3) is 6.16. The number of hydrogen-bond donors (Lipinski definition) is 2. The highest BCUT2D eigenvalue weighted by molar-refractivity contribution is 5.90. The minimum absolute atomic E-state index is 0.000442. The molecule has 5 heteroatoms. The highest BCUT2D eigenvalue weighted by atomic mass is 19.1. The SMILES string of the molecule is O=C(CCNCCCc1ccccc1)Nc1ccc(F)cc1F. The van der Waals surface area contributed by atoms with Gasteiger partial charge in [0.1, 0.15) is 11.6 Å². The fourth-order valence-corrected chi connectivity index (χ4v) is 2.19. The second-order valence-corrected chi connectivity index (χ2v) is 5.26. The predicted molar refractivity (Wildman–Crippen MR) is 87.2 cm³/mol. The van der Waals surface area contributed by atoms with Crippen molar-refractivity contribution >= 4 is 11.6 Å². The summed E-state index contributed by atoms with van der Waals surface area (Å²) in [7, 11) is 0. The minimum Gasteiger partial charge on any atom is -0.324 e. The summed E-state index contributed by atoms with van der Waals surface area (Å²) in [4.78, 5) is 11.7. The summed E-state index contributed by atoms with van der Waals surface area (Å²) in [5, 5.41) is 5.62. The van der Waals surface area contributed by atoms with Crippen LogP contribution in [0.25, 0.3) is 0 Å². The van der Waals surface area contributed by atoms with Crippen molar-refractivity contribution in [3.63, 3.8) is 0 Å². The maximum atomic E-state index is 13.4. The zero-order valence-corrected chi connectivity index (χ0v) is 12.8. The van der Waals surface area contributed by atoms with Gasteiger partial charge in [-0.25, -0.2) is 8.78 Å². The van der Waals surface area contributed by atoms with Gasteiger partial charge in [-0.1, -0.05) is 30.3 Å². The van der Waals surface area contributed by atoms with Crippen LogP contribution in [0.4, 0.5) is 14.5 Å². The fraction of sp³-hybridized carbons (Fsp3) is 0.278. The van der Waals surface area contributed by atoms with Crippen molar-refractivity contribution in [2.75, 3.05) is 18.4 Å². The fourth-order valence-electron chi connectivity index (χ4n) is 2.19. The topological polar surface area (TPSA) is 41.1 Å². The van der Waals surface area contributed by atoms with Crippen molar-refractivity contribution in [3.8, 4) is 0 Å². The van der Waals surface area contributed by atoms with Crippen molar-refractivity contribution in [2.24, 2.45) is 0 Å². The molecule has 122 valence electrons. The van der Waals surface area contributed by atoms with E-state index in [1.807, 2.05) is 18.2 Å². The van der Waals surface area contributed by atoms with E-state index in [-0.39, 0.29) is 18.0 Å². The smallest absolute Gasteiger partial charge is 0.225 e. The van der Waals surface area contributed by atoms with Crippen LogP contribution in [0.2, 0.25) is 0 Å². The Kier molecular flexibility index (Phi) is 6.69. The molecule has 0 saturated carbocycles. The first-order chi connectivity index (χ1) is 11.1. The Morgan fingerprint density at radius 2 is 1.78 bits per heavy atom. The summed E-state index contributed by atoms with van der Waals surface area (Å²) in [5.41, 5.74) is 1.29. The second kappa shape index (κ2) is 9.00. The van der Waals surface area contributed by atoms with Crippen LogP contribution in [0.5, 0.6) is 0 Å². The molecule has 0 spiro atoms. The highest BCUT2D eigenvalue weighted by Gasteiger charge is 2.07. The van der Waals surface area contributed by atoms with Gasteiger partial charge in [-0.15, -0.1) is 0 Å². The lowest BCUT2D eigenvalue weighted by molar-refractivity contribution is -0.116. The molecule has 0 saturated heterocycles. The van der Waals surface area contributed by atoms with Crippen molar-refractivity contribution in [2.45, 2.75) is 19.3 Å². The normalized spacial score (nSPS) is 10.5. The monoisotopic (exact) mass is 318 g/mol. The number of hydrogen-bond acceptors (Lipinski definition) is 2. The van der Waals surface area contributed by atoms with Crippen LogP contribution in [-0.2, 0) is 11.2 Å². The van der Waals surface area contributed by atoms with Crippen molar-refractivity contribution in [1.29, 1.82) is 0 Å². The van der Waals surface area contributed by atoms with Gasteiger partial charge >= 0.3 is 0 Å². The van der Waals surface area contributed by atoms with Crippen LogP contribution < -0.4 is 10.6 Å². The number of amides is 1. The number of rotatable bonds is 8. The first-order valence-electron chi connectivity index (χ1n) is 7.65. The average Bonchev–Trinajstić information content (AvgIpc) is 2.54. The van der Waals surface area contributed by atoms with Gasteiger partial charge in [-0.2, -0.15) is 0 Å². The zero-order valence-electron chi connectivity index (χ0n) is 12.8. The lowest BCUT2D eigenvalue weighted by Crippen LogP contribution is -2.23. The Labute approximate surface area is 134 Å². The van der Waals surface area contributed by atoms with Crippen LogP contribution in [-0.4, -0.2) is 19.0 Å². The number of nitrogens with one attached hydrogen (secondary N) is 2. The van der Waals surface area contributed by atoms with Gasteiger partial charge in [0.25, 0.3) is 0 Å². The molecule has 0 bridgehead atoms. The van der Waals surface area contributed by atoms with Crippen LogP contribution >= 0.6 is 0 Å². The van der Waals surface area contributed by atoms with E-state index in [4.69, 9.17) is 0 Å². The first-order valence-corrected chi connectivity index (χ1v) is 7.65. The molecule has 2 aromatic rings. The summed E-state index contributed by atoms with van der Waals surface area (Å²) in [6, 6.07) is 13.3. The van der Waals surface area contributed by atoms with E-state index in [1.165, 1.54) is 11.6 Å². The van der Waals surface area contributed by atoms with E-state index in [0.29, 0.717) is 6.54 Å². The van der Waals surface area contributed by atoms with Crippen molar-refractivity contribution in [1.82, 2.24) is 5.32 Å². The standard InChI is InChI=1S/C18H20F2N2O/c19-15-8-9-17(16(20)13-15)22-18(23)10-12-21-11-4-7-14-5-2-1-3-6-14/h1-3,5-6,8-9,13,21H,4,7,10-12H2,(H,22,23). The summed E-state index contributed by atoms with van der Waals surface area (Å²) in [6.07, 6.45) is 2.21. The summed E-state index contributed by atoms with van der Waals surface area (Å²) in [6.45, 7) is 1.33. The maximum absolute atomic E-state index is 13.4. The highest BCUT2D eigenvalue weighted by Crippen LogP contribution is 2.14. The molecule has 0 unspecified atom stereocenters. The molecule has 23 heavy (non-hydrogen) atoms. The van der Waals surface area contributed by atoms with Crippen LogP contribution in [0, 0.1) is 11.6 Å². The van der Waals surface area contributed by atoms with E-state index in [0.717, 1.165) is 31.5 Å². The molecular weight excluding hydrogens is 298 g/mol. The Morgan fingerprint density at radius 1 is 1.00 bits per heavy atom. The van der Waals surface area contributed by atoms with Gasteiger partial charge in [0.2, 0.25) is 5.91 Å². The molecule has 0 fully saturated rings. The molecule has 0 atom stereocenters. The molecule has 3 nitrogen and oxygen atoms in total. The first kappa shape index (κ1) is 17.1. The number of carbonyl (C=O) groups excluding carboxylic acids is 1. The van der Waals surface area contributed by atoms with E-state index in [1.54, 1.807) is 0 Å². The molecule has 0 aliphatic rings. The van der Waals surface area contributed by atoms with Gasteiger partial charge in [0, 0.05) is 19.0 Å². The summed E-state index contributed by atoms with van der Waals surface area (Å²) < 4.78 is 26.2. The molecule has 0 aromatic heterocycles. The lowest BCUT2D eigenvalue weighted by Gasteiger charge is -2.07. The van der Waals surface area contributed by atoms with Gasteiger partial charge in [-0.3, -0.25) is 4.79 Å². The van der Waals surface area contributed by atoms with Gasteiger partial charge < -0.3 is 10.6 Å². The van der Waals surface area contributed by atoms with Crippen molar-refractivity contribution < 1.29 is 13.6 Å². The maximum Gasteiger partial charge on any atom is 0.225 e. The van der Waals surface area contributed by atoms with E-state index in [2.05, 4.69) is 22.8 Å². The number of halogens is 2. The van der Waals surface area contributed by atoms with Crippen LogP contribution in [0.15, 0.2) is 48.5 Å². The van der Waals surface area contributed by atoms with E-state index < -0.39 is 11.6 Å². The number of benzene rings is 2. The minimum atomic E-state index is -0.769. The summed E-state index contributed by atoms with van der Waals surface area (Å²) in [5.74, 6) is -1.74. The largest absolute Gasteiger partial charge is 0.324 e. The summed E-state index contributed by atoms with van der Waals surface area (Å²) >= 11 is 0. The molecule has 0 aliphatic carbocycles. The third-order valence-electron chi connectivity index (χ3n) is 3.40. The predicted octanol–water partition coefficient (Wildman–Crippen LogP) is 3.52. The quantitative estimate of drug-likeness (QED) is 0.731. The average molecular weight is 318 g/mol. The molecule has 2 N–H and O–H groups in total. The zero-order chi connectivity index (χ0) is 16.5. The van der Waals surface area contributed by atoms with Crippen molar-refractivity contribution in [3.05, 3.63) is 65.7 Å². The van der Waals surface area contributed by atoms with E-state index >= 15 is 0 Å². The van der Waals surface area contributed by atoms with Crippen LogP contribution in [0.1, 0.15) is 18.4 Å². The van der Waals surface area contributed by atoms with E-state index in [9.17, 15) is 13.6 Å².